The highest BCUT2D eigenvalue weighted by Crippen LogP contribution is 2.31. The zero-order valence-electron chi connectivity index (χ0n) is 18.0. The van der Waals surface area contributed by atoms with Crippen LogP contribution in [0.25, 0.3) is 11.4 Å². The molecule has 3 N–H and O–H groups in total. The monoisotopic (exact) mass is 451 g/mol. The van der Waals surface area contributed by atoms with Gasteiger partial charge >= 0.3 is 0 Å². The molecule has 4 rings (SSSR count). The van der Waals surface area contributed by atoms with Crippen molar-refractivity contribution in [2.75, 3.05) is 17.7 Å². The fourth-order valence-corrected chi connectivity index (χ4v) is 3.56. The molecule has 0 spiro atoms. The molecule has 0 radical (unpaired) electrons. The van der Waals surface area contributed by atoms with Crippen LogP contribution < -0.4 is 15.4 Å². The molecule has 1 aliphatic rings. The van der Waals surface area contributed by atoms with Crippen LogP contribution >= 0.6 is 12.2 Å². The number of carbonyl (C=O) groups is 2. The summed E-state index contributed by atoms with van der Waals surface area (Å²) in [6, 6.07) is 13.0. The zero-order valence-corrected chi connectivity index (χ0v) is 18.8. The van der Waals surface area contributed by atoms with E-state index in [4.69, 9.17) is 17.0 Å². The van der Waals surface area contributed by atoms with Crippen molar-refractivity contribution in [2.45, 2.75) is 32.7 Å². The molecular weight excluding hydrogens is 426 g/mol. The van der Waals surface area contributed by atoms with Crippen molar-refractivity contribution in [3.63, 3.8) is 0 Å². The molecule has 1 aromatic heterocycles. The normalized spacial score (nSPS) is 12.9. The lowest BCUT2D eigenvalue weighted by atomic mass is 10.1. The second kappa shape index (κ2) is 9.35. The molecule has 9 heteroatoms. The van der Waals surface area contributed by atoms with Crippen molar-refractivity contribution >= 4 is 35.4 Å². The third-order valence-corrected chi connectivity index (χ3v) is 5.71. The Kier molecular flexibility index (Phi) is 6.36. The molecular formula is C23H25N5O3S. The number of methoxy groups -OCH3 is 1. The van der Waals surface area contributed by atoms with E-state index in [0.29, 0.717) is 28.5 Å². The van der Waals surface area contributed by atoms with Crippen LogP contribution in [0, 0.1) is 17.6 Å². The van der Waals surface area contributed by atoms with E-state index >= 15 is 0 Å². The Hall–Kier alpha value is -3.46. The van der Waals surface area contributed by atoms with Crippen LogP contribution in [0.5, 0.6) is 5.75 Å². The fraction of sp³-hybridized carbons (Fsp3) is 0.304. The Bertz CT molecular complexity index is 1200. The molecule has 1 heterocycles. The first kappa shape index (κ1) is 21.8. The summed E-state index contributed by atoms with van der Waals surface area (Å²) >= 11 is 5.36. The Morgan fingerprint density at radius 3 is 2.62 bits per heavy atom. The first-order valence-corrected chi connectivity index (χ1v) is 10.9. The van der Waals surface area contributed by atoms with Gasteiger partial charge in [0.1, 0.15) is 5.75 Å². The number of hydrogen-bond acceptors (Lipinski definition) is 5. The Morgan fingerprint density at radius 2 is 1.94 bits per heavy atom. The summed E-state index contributed by atoms with van der Waals surface area (Å²) in [5, 5.41) is 13.0. The smallest absolute Gasteiger partial charge is 0.227 e. The predicted octanol–water partition coefficient (Wildman–Crippen LogP) is 4.30. The Balaban J connectivity index is 1.42. The topological polar surface area (TPSA) is 101 Å². The van der Waals surface area contributed by atoms with Gasteiger partial charge in [-0.15, -0.1) is 0 Å². The number of ether oxygens (including phenoxy) is 1. The van der Waals surface area contributed by atoms with E-state index in [1.807, 2.05) is 43.3 Å². The predicted molar refractivity (Wildman–Crippen MR) is 125 cm³/mol. The minimum Gasteiger partial charge on any atom is -0.497 e. The summed E-state index contributed by atoms with van der Waals surface area (Å²) in [6.45, 7) is 2.29. The molecule has 8 nitrogen and oxygen atoms in total. The zero-order chi connectivity index (χ0) is 22.7. The van der Waals surface area contributed by atoms with E-state index in [2.05, 4.69) is 20.8 Å². The summed E-state index contributed by atoms with van der Waals surface area (Å²) in [5.41, 5.74) is 3.14. The van der Waals surface area contributed by atoms with Crippen molar-refractivity contribution in [3.8, 4) is 17.1 Å². The van der Waals surface area contributed by atoms with E-state index in [9.17, 15) is 9.59 Å². The first-order chi connectivity index (χ1) is 15.4. The fourth-order valence-electron chi connectivity index (χ4n) is 3.34. The van der Waals surface area contributed by atoms with Gasteiger partial charge in [-0.2, -0.15) is 5.10 Å². The SMILES string of the molecule is COc1ccc(-c2n[nH]c(=S)n2CCC(=O)Nc2cc(NC(=O)C3CC3)ccc2C)cc1. The molecule has 1 fully saturated rings. The lowest BCUT2D eigenvalue weighted by Gasteiger charge is -2.12. The van der Waals surface area contributed by atoms with Crippen LogP contribution in [0.15, 0.2) is 42.5 Å². The minimum absolute atomic E-state index is 0.0338. The van der Waals surface area contributed by atoms with Crippen LogP contribution in [0.4, 0.5) is 11.4 Å². The number of benzene rings is 2. The summed E-state index contributed by atoms with van der Waals surface area (Å²) in [4.78, 5) is 24.7. The number of aryl methyl sites for hydroxylation is 1. The van der Waals surface area contributed by atoms with Crippen LogP contribution in [0.2, 0.25) is 0 Å². The van der Waals surface area contributed by atoms with Crippen LogP contribution in [-0.4, -0.2) is 33.7 Å². The molecule has 0 atom stereocenters. The molecule has 3 aromatic rings. The van der Waals surface area contributed by atoms with Crippen molar-refractivity contribution in [1.82, 2.24) is 14.8 Å². The first-order valence-electron chi connectivity index (χ1n) is 10.5. The maximum Gasteiger partial charge on any atom is 0.227 e. The lowest BCUT2D eigenvalue weighted by Crippen LogP contribution is -2.17. The number of H-pyrrole nitrogens is 1. The number of nitrogens with one attached hydrogen (secondary N) is 3. The minimum atomic E-state index is -0.150. The van der Waals surface area contributed by atoms with Gasteiger partial charge < -0.3 is 15.4 Å². The lowest BCUT2D eigenvalue weighted by molar-refractivity contribution is -0.117. The Labute approximate surface area is 191 Å². The van der Waals surface area contributed by atoms with Gasteiger partial charge in [0.05, 0.1) is 7.11 Å². The molecule has 166 valence electrons. The number of anilines is 2. The molecule has 0 bridgehead atoms. The number of nitrogens with zero attached hydrogens (tertiary/aromatic N) is 2. The highest BCUT2D eigenvalue weighted by Gasteiger charge is 2.29. The number of aromatic nitrogens is 3. The van der Waals surface area contributed by atoms with E-state index < -0.39 is 0 Å². The third-order valence-electron chi connectivity index (χ3n) is 5.40. The number of hydrogen-bond donors (Lipinski definition) is 3. The highest BCUT2D eigenvalue weighted by molar-refractivity contribution is 7.71. The van der Waals surface area contributed by atoms with Crippen molar-refractivity contribution < 1.29 is 14.3 Å². The summed E-state index contributed by atoms with van der Waals surface area (Å²) in [5.74, 6) is 1.41. The standard InChI is InChI=1S/C23H25N5O3S/c1-14-3-8-17(24-22(30)16-4-5-16)13-19(14)25-20(29)11-12-28-21(26-27-23(28)32)15-6-9-18(31-2)10-7-15/h3,6-10,13,16H,4-5,11-12H2,1-2H3,(H,24,30)(H,25,29)(H,27,32). The van der Waals surface area contributed by atoms with Crippen LogP contribution in [0.1, 0.15) is 24.8 Å². The summed E-state index contributed by atoms with van der Waals surface area (Å²) < 4.78 is 7.45. The van der Waals surface area contributed by atoms with Gasteiger partial charge in [-0.25, -0.2) is 0 Å². The quantitative estimate of drug-likeness (QED) is 0.443. The van der Waals surface area contributed by atoms with Gasteiger partial charge in [0.15, 0.2) is 10.6 Å². The third kappa shape index (κ3) is 5.05. The van der Waals surface area contributed by atoms with Crippen molar-refractivity contribution in [2.24, 2.45) is 5.92 Å². The molecule has 32 heavy (non-hydrogen) atoms. The summed E-state index contributed by atoms with van der Waals surface area (Å²) in [6.07, 6.45) is 2.10. The molecule has 1 saturated carbocycles. The van der Waals surface area contributed by atoms with Gasteiger partial charge in [0.2, 0.25) is 11.8 Å². The largest absolute Gasteiger partial charge is 0.497 e. The van der Waals surface area contributed by atoms with E-state index in [1.165, 1.54) is 0 Å². The van der Waals surface area contributed by atoms with Gasteiger partial charge in [0.25, 0.3) is 0 Å². The molecule has 2 aromatic carbocycles. The average molecular weight is 452 g/mol. The molecule has 2 amide bonds. The van der Waals surface area contributed by atoms with Gasteiger partial charge in [-0.05, 0) is 73.9 Å². The second-order valence-electron chi connectivity index (χ2n) is 7.82. The number of amides is 2. The van der Waals surface area contributed by atoms with Gasteiger partial charge in [-0.3, -0.25) is 19.3 Å². The van der Waals surface area contributed by atoms with Gasteiger partial charge in [-0.1, -0.05) is 6.07 Å². The second-order valence-corrected chi connectivity index (χ2v) is 8.21. The average Bonchev–Trinajstić information content (AvgIpc) is 3.58. The molecule has 0 unspecified atom stereocenters. The van der Waals surface area contributed by atoms with Crippen molar-refractivity contribution in [1.29, 1.82) is 0 Å². The summed E-state index contributed by atoms with van der Waals surface area (Å²) in [7, 11) is 1.61. The van der Waals surface area contributed by atoms with E-state index in [-0.39, 0.29) is 24.2 Å². The number of aromatic amines is 1. The maximum atomic E-state index is 12.7. The van der Waals surface area contributed by atoms with Crippen LogP contribution in [0.3, 0.4) is 0 Å². The van der Waals surface area contributed by atoms with Crippen molar-refractivity contribution in [3.05, 3.63) is 52.8 Å². The molecule has 0 saturated heterocycles. The number of rotatable bonds is 8. The molecule has 0 aliphatic heterocycles. The molecule has 1 aliphatic carbocycles. The van der Waals surface area contributed by atoms with E-state index in [1.54, 1.807) is 17.7 Å². The maximum absolute atomic E-state index is 12.7. The van der Waals surface area contributed by atoms with Gasteiger partial charge in [0, 0.05) is 35.8 Å². The highest BCUT2D eigenvalue weighted by atomic mass is 32.1. The number of carbonyl (C=O) groups excluding carboxylic acids is 2. The Morgan fingerprint density at radius 1 is 1.19 bits per heavy atom. The van der Waals surface area contributed by atoms with E-state index in [0.717, 1.165) is 29.7 Å². The van der Waals surface area contributed by atoms with Crippen LogP contribution in [-0.2, 0) is 16.1 Å².